The Morgan fingerprint density at radius 1 is 1.88 bits per heavy atom. The molecule has 2 rings (SSSR count). The largest absolute Gasteiger partial charge is 0.465 e. The van der Waals surface area contributed by atoms with E-state index in [1.54, 1.807) is 25.5 Å². The van der Waals surface area contributed by atoms with Gasteiger partial charge in [-0.2, -0.15) is 0 Å². The number of cyclic esters (lactones) is 1. The van der Waals surface area contributed by atoms with Crippen molar-refractivity contribution < 1.29 is 16.4 Å². The van der Waals surface area contributed by atoms with Gasteiger partial charge in [-0.3, -0.25) is 4.79 Å². The molecule has 0 N–H and O–H groups in total. The topological polar surface area (TPSA) is 44.1 Å². The standard InChI is InChI=1S/C12H18N2O2/c1-4-11-9(7-16-12(11)15)5-10-6-13-8(2)14(10)3/h6,9,11H,4-5,7H2,1-3H3/t9-,11-/m0/s1/i6D,7D2,9D,11D. The van der Waals surface area contributed by atoms with Gasteiger partial charge in [-0.05, 0) is 19.8 Å². The third-order valence-corrected chi connectivity index (χ3v) is 2.81. The molecule has 1 aliphatic heterocycles. The molecule has 0 unspecified atom stereocenters. The zero-order chi connectivity index (χ0) is 16.2. The number of ether oxygens (including phenoxy) is 1. The second kappa shape index (κ2) is 4.28. The number of esters is 1. The van der Waals surface area contributed by atoms with Gasteiger partial charge in [-0.1, -0.05) is 6.92 Å². The highest BCUT2D eigenvalue weighted by Crippen LogP contribution is 2.28. The van der Waals surface area contributed by atoms with Gasteiger partial charge in [0.05, 0.1) is 16.6 Å². The van der Waals surface area contributed by atoms with Crippen LogP contribution in [0, 0.1) is 18.7 Å². The Morgan fingerprint density at radius 2 is 2.62 bits per heavy atom. The molecule has 0 saturated carbocycles. The number of hydrogen-bond donors (Lipinski definition) is 0. The second-order valence-corrected chi connectivity index (χ2v) is 3.76. The van der Waals surface area contributed by atoms with E-state index in [-0.39, 0.29) is 19.0 Å². The highest BCUT2D eigenvalue weighted by molar-refractivity contribution is 5.74. The number of hydrogen-bond acceptors (Lipinski definition) is 3. The molecule has 16 heavy (non-hydrogen) atoms. The lowest BCUT2D eigenvalue weighted by molar-refractivity contribution is -0.141. The number of rotatable bonds is 3. The number of carbonyl (C=O) groups excluding carboxylic acids is 1. The Morgan fingerprint density at radius 3 is 3.19 bits per heavy atom. The Labute approximate surface area is 103 Å². The molecule has 1 aliphatic rings. The summed E-state index contributed by atoms with van der Waals surface area (Å²) in [6.45, 7) is 0.651. The fourth-order valence-corrected chi connectivity index (χ4v) is 1.67. The second-order valence-electron chi connectivity index (χ2n) is 3.76. The number of aromatic nitrogens is 2. The first-order valence-corrected chi connectivity index (χ1v) is 5.22. The van der Waals surface area contributed by atoms with Crippen LogP contribution in [0.2, 0.25) is 0 Å². The van der Waals surface area contributed by atoms with Crippen molar-refractivity contribution >= 4 is 5.97 Å². The van der Waals surface area contributed by atoms with E-state index in [9.17, 15) is 4.79 Å². The molecule has 0 spiro atoms. The van der Waals surface area contributed by atoms with Gasteiger partial charge in [-0.15, -0.1) is 0 Å². The monoisotopic (exact) mass is 227 g/mol. The molecule has 2 atom stereocenters. The first-order chi connectivity index (χ1) is 9.50. The quantitative estimate of drug-likeness (QED) is 0.734. The van der Waals surface area contributed by atoms with Crippen molar-refractivity contribution in [2.24, 2.45) is 18.8 Å². The first-order valence-electron chi connectivity index (χ1n) is 7.72. The lowest BCUT2D eigenvalue weighted by atomic mass is 9.89. The van der Waals surface area contributed by atoms with Gasteiger partial charge in [0, 0.05) is 27.5 Å². The minimum Gasteiger partial charge on any atom is -0.465 e. The maximum Gasteiger partial charge on any atom is 0.309 e. The van der Waals surface area contributed by atoms with Crippen LogP contribution in [-0.4, -0.2) is 22.1 Å². The summed E-state index contributed by atoms with van der Waals surface area (Å²) in [5.74, 6) is -4.63. The van der Waals surface area contributed by atoms with Gasteiger partial charge in [0.2, 0.25) is 0 Å². The molecule has 4 heteroatoms. The van der Waals surface area contributed by atoms with Crippen molar-refractivity contribution in [3.63, 3.8) is 0 Å². The number of nitrogens with zero attached hydrogens (tertiary/aromatic N) is 2. The summed E-state index contributed by atoms with van der Waals surface area (Å²) in [7, 11) is 1.66. The molecule has 2 heterocycles. The Hall–Kier alpha value is -1.32. The summed E-state index contributed by atoms with van der Waals surface area (Å²) in [6, 6.07) is 0. The Bertz CT molecular complexity index is 603. The van der Waals surface area contributed by atoms with E-state index in [0.29, 0.717) is 11.5 Å². The molecule has 0 amide bonds. The molecule has 88 valence electrons. The van der Waals surface area contributed by atoms with E-state index < -0.39 is 24.3 Å². The van der Waals surface area contributed by atoms with Crippen LogP contribution in [0.1, 0.15) is 31.7 Å². The third kappa shape index (κ3) is 1.84. The van der Waals surface area contributed by atoms with E-state index in [1.807, 2.05) is 0 Å². The van der Waals surface area contributed by atoms with Crippen LogP contribution in [0.4, 0.5) is 0 Å². The fraction of sp³-hybridized carbons (Fsp3) is 0.667. The molecule has 0 bridgehead atoms. The number of imidazole rings is 1. The zero-order valence-electron chi connectivity index (χ0n) is 14.6. The SMILES string of the molecule is [2H]c1nc(C)n(C)c1C[C@@]1([2H])C([2H])([2H])OC(=O)[C@@]1([2H])CC. The predicted molar refractivity (Wildman–Crippen MR) is 59.9 cm³/mol. The minimum atomic E-state index is -2.59. The summed E-state index contributed by atoms with van der Waals surface area (Å²) >= 11 is 0. The Kier molecular flexibility index (Phi) is 1.72. The van der Waals surface area contributed by atoms with E-state index in [4.69, 9.17) is 6.85 Å². The normalized spacial score (nSPS) is 41.7. The van der Waals surface area contributed by atoms with Crippen LogP contribution in [0.15, 0.2) is 6.17 Å². The molecular formula is C12H18N2O2. The minimum absolute atomic E-state index is 0.0426. The third-order valence-electron chi connectivity index (χ3n) is 2.81. The van der Waals surface area contributed by atoms with Crippen LogP contribution in [-0.2, 0) is 23.0 Å². The number of aryl methyl sites for hydroxylation is 1. The van der Waals surface area contributed by atoms with Crippen LogP contribution in [0.25, 0.3) is 0 Å². The summed E-state index contributed by atoms with van der Waals surface area (Å²) in [6.07, 6.45) is -0.409. The lowest BCUT2D eigenvalue weighted by Crippen LogP contribution is -2.18. The molecule has 0 aromatic carbocycles. The van der Waals surface area contributed by atoms with Crippen molar-refractivity contribution in [2.45, 2.75) is 26.7 Å². The Balaban J connectivity index is 2.55. The molecular weight excluding hydrogens is 204 g/mol. The van der Waals surface area contributed by atoms with Crippen molar-refractivity contribution in [1.82, 2.24) is 9.55 Å². The van der Waals surface area contributed by atoms with E-state index in [0.717, 1.165) is 0 Å². The van der Waals surface area contributed by atoms with Gasteiger partial charge in [0.1, 0.15) is 5.82 Å². The van der Waals surface area contributed by atoms with Crippen molar-refractivity contribution in [3.05, 3.63) is 17.7 Å². The predicted octanol–water partition coefficient (Wildman–Crippen LogP) is 1.47. The maximum atomic E-state index is 11.9. The van der Waals surface area contributed by atoms with Crippen LogP contribution in [0.3, 0.4) is 0 Å². The molecule has 1 aromatic rings. The van der Waals surface area contributed by atoms with Gasteiger partial charge >= 0.3 is 5.97 Å². The van der Waals surface area contributed by atoms with Crippen molar-refractivity contribution in [2.75, 3.05) is 6.56 Å². The maximum absolute atomic E-state index is 11.9. The van der Waals surface area contributed by atoms with Crippen molar-refractivity contribution in [3.8, 4) is 0 Å². The van der Waals surface area contributed by atoms with Crippen LogP contribution < -0.4 is 0 Å². The molecule has 1 aromatic heterocycles. The van der Waals surface area contributed by atoms with E-state index >= 15 is 0 Å². The summed E-state index contributed by atoms with van der Waals surface area (Å²) < 4.78 is 46.5. The van der Waals surface area contributed by atoms with Crippen LogP contribution >= 0.6 is 0 Å². The van der Waals surface area contributed by atoms with E-state index in [2.05, 4.69) is 9.72 Å². The smallest absolute Gasteiger partial charge is 0.309 e. The average molecular weight is 227 g/mol. The number of carbonyl (C=O) groups is 1. The lowest BCUT2D eigenvalue weighted by Gasteiger charge is -2.13. The van der Waals surface area contributed by atoms with Gasteiger partial charge in [-0.25, -0.2) is 4.98 Å². The highest BCUT2D eigenvalue weighted by Gasteiger charge is 2.35. The summed E-state index contributed by atoms with van der Waals surface area (Å²) in [4.78, 5) is 15.8. The zero-order valence-corrected chi connectivity index (χ0v) is 9.63. The molecule has 0 radical (unpaired) electrons. The molecule has 1 fully saturated rings. The summed E-state index contributed by atoms with van der Waals surface area (Å²) in [5.41, 5.74) is 0.315. The molecule has 0 aliphatic carbocycles. The van der Waals surface area contributed by atoms with Crippen molar-refractivity contribution in [1.29, 1.82) is 0 Å². The fourth-order valence-electron chi connectivity index (χ4n) is 1.67. The first kappa shape index (κ1) is 6.42. The van der Waals surface area contributed by atoms with Gasteiger partial charge in [0.15, 0.2) is 0 Å². The van der Waals surface area contributed by atoms with Crippen LogP contribution in [0.5, 0.6) is 0 Å². The van der Waals surface area contributed by atoms with Gasteiger partial charge < -0.3 is 9.30 Å². The summed E-state index contributed by atoms with van der Waals surface area (Å²) in [5, 5.41) is 0. The van der Waals surface area contributed by atoms with E-state index in [1.165, 1.54) is 0 Å². The molecule has 4 nitrogen and oxygen atoms in total. The average Bonchev–Trinajstić information content (AvgIpc) is 2.69. The van der Waals surface area contributed by atoms with Gasteiger partial charge in [0.25, 0.3) is 0 Å². The highest BCUT2D eigenvalue weighted by atomic mass is 16.5. The molecule has 1 saturated heterocycles.